The fourth-order valence-corrected chi connectivity index (χ4v) is 2.66. The van der Waals surface area contributed by atoms with E-state index < -0.39 is 5.60 Å². The van der Waals surface area contributed by atoms with Crippen LogP contribution in [0.5, 0.6) is 0 Å². The Morgan fingerprint density at radius 3 is 3.26 bits per heavy atom. The fraction of sp³-hybridized carbons (Fsp3) is 0.500. The second-order valence-corrected chi connectivity index (χ2v) is 5.60. The zero-order chi connectivity index (χ0) is 13.5. The first-order chi connectivity index (χ1) is 9.08. The maximum Gasteiger partial charge on any atom is 0.180 e. The van der Waals surface area contributed by atoms with E-state index in [1.54, 1.807) is 6.20 Å². The lowest BCUT2D eigenvalue weighted by atomic mass is 9.97. The summed E-state index contributed by atoms with van der Waals surface area (Å²) in [5, 5.41) is 13.6. The van der Waals surface area contributed by atoms with Gasteiger partial charge < -0.3 is 19.6 Å². The standard InChI is InChI=1S/C12H15BrN4O2/c1-8-12(18,2-5-19-8)7-15-10-11-14-3-4-17(11)6-9(13)16-10/h3-4,6,8,18H,2,5,7H2,1H3,(H,15,16). The summed E-state index contributed by atoms with van der Waals surface area (Å²) in [6.07, 6.45) is 5.85. The van der Waals surface area contributed by atoms with Crippen LogP contribution >= 0.6 is 15.9 Å². The van der Waals surface area contributed by atoms with Crippen molar-refractivity contribution in [1.82, 2.24) is 14.4 Å². The number of aromatic nitrogens is 3. The Balaban J connectivity index is 1.83. The van der Waals surface area contributed by atoms with Gasteiger partial charge in [0.1, 0.15) is 10.2 Å². The maximum atomic E-state index is 10.5. The van der Waals surface area contributed by atoms with Crippen molar-refractivity contribution in [2.45, 2.75) is 25.0 Å². The number of nitrogens with zero attached hydrogens (tertiary/aromatic N) is 3. The minimum Gasteiger partial charge on any atom is -0.385 e. The van der Waals surface area contributed by atoms with E-state index in [9.17, 15) is 5.11 Å². The molecule has 0 saturated carbocycles. The van der Waals surface area contributed by atoms with Crippen LogP contribution in [0.1, 0.15) is 13.3 Å². The molecule has 1 aliphatic rings. The van der Waals surface area contributed by atoms with Crippen LogP contribution in [-0.2, 0) is 4.74 Å². The number of rotatable bonds is 3. The maximum absolute atomic E-state index is 10.5. The second-order valence-electron chi connectivity index (χ2n) is 4.79. The molecule has 0 radical (unpaired) electrons. The highest BCUT2D eigenvalue weighted by molar-refractivity contribution is 9.10. The van der Waals surface area contributed by atoms with E-state index in [0.717, 1.165) is 5.65 Å². The van der Waals surface area contributed by atoms with Gasteiger partial charge in [0.2, 0.25) is 0 Å². The van der Waals surface area contributed by atoms with Crippen molar-refractivity contribution in [1.29, 1.82) is 0 Å². The summed E-state index contributed by atoms with van der Waals surface area (Å²) in [7, 11) is 0. The molecular formula is C12H15BrN4O2. The van der Waals surface area contributed by atoms with E-state index in [4.69, 9.17) is 4.74 Å². The molecular weight excluding hydrogens is 312 g/mol. The number of hydrogen-bond donors (Lipinski definition) is 2. The summed E-state index contributed by atoms with van der Waals surface area (Å²) >= 11 is 3.36. The zero-order valence-electron chi connectivity index (χ0n) is 10.5. The molecule has 0 spiro atoms. The minimum atomic E-state index is -0.854. The number of ether oxygens (including phenoxy) is 1. The highest BCUT2D eigenvalue weighted by Crippen LogP contribution is 2.26. The van der Waals surface area contributed by atoms with E-state index in [2.05, 4.69) is 31.2 Å². The van der Waals surface area contributed by atoms with Crippen LogP contribution in [-0.4, -0.2) is 44.3 Å². The van der Waals surface area contributed by atoms with E-state index >= 15 is 0 Å². The van der Waals surface area contributed by atoms with Crippen LogP contribution in [0.4, 0.5) is 5.82 Å². The Bertz CT molecular complexity index is 602. The third-order valence-corrected chi connectivity index (χ3v) is 3.95. The molecule has 7 heteroatoms. The van der Waals surface area contributed by atoms with Crippen LogP contribution in [0.15, 0.2) is 23.2 Å². The average Bonchev–Trinajstić information content (AvgIpc) is 2.95. The third kappa shape index (κ3) is 2.33. The number of halogens is 1. The van der Waals surface area contributed by atoms with Gasteiger partial charge in [-0.25, -0.2) is 9.97 Å². The van der Waals surface area contributed by atoms with Crippen molar-refractivity contribution in [3.05, 3.63) is 23.2 Å². The van der Waals surface area contributed by atoms with E-state index in [1.807, 2.05) is 23.7 Å². The summed E-state index contributed by atoms with van der Waals surface area (Å²) < 4.78 is 8.00. The van der Waals surface area contributed by atoms with Gasteiger partial charge in [-0.2, -0.15) is 0 Å². The van der Waals surface area contributed by atoms with Crippen LogP contribution in [0.25, 0.3) is 5.65 Å². The summed E-state index contributed by atoms with van der Waals surface area (Å²) in [5.41, 5.74) is -0.119. The lowest BCUT2D eigenvalue weighted by molar-refractivity contribution is -0.0176. The number of fused-ring (bicyclic) bond motifs is 1. The smallest absolute Gasteiger partial charge is 0.180 e. The normalized spacial score (nSPS) is 27.0. The van der Waals surface area contributed by atoms with E-state index in [1.165, 1.54) is 0 Å². The molecule has 3 rings (SSSR count). The number of anilines is 1. The predicted molar refractivity (Wildman–Crippen MR) is 74.2 cm³/mol. The third-order valence-electron chi connectivity index (χ3n) is 3.57. The summed E-state index contributed by atoms with van der Waals surface area (Å²) in [4.78, 5) is 8.61. The highest BCUT2D eigenvalue weighted by Gasteiger charge is 2.39. The lowest BCUT2D eigenvalue weighted by Gasteiger charge is -2.26. The van der Waals surface area contributed by atoms with Gasteiger partial charge in [0, 0.05) is 38.2 Å². The Kier molecular flexibility index (Phi) is 3.20. The molecule has 102 valence electrons. The van der Waals surface area contributed by atoms with Gasteiger partial charge >= 0.3 is 0 Å². The first-order valence-corrected chi connectivity index (χ1v) is 6.95. The Morgan fingerprint density at radius 1 is 1.68 bits per heavy atom. The molecule has 6 nitrogen and oxygen atoms in total. The predicted octanol–water partition coefficient (Wildman–Crippen LogP) is 1.44. The first kappa shape index (κ1) is 12.8. The molecule has 0 bridgehead atoms. The summed E-state index contributed by atoms with van der Waals surface area (Å²) in [5.74, 6) is 0.645. The molecule has 1 saturated heterocycles. The summed E-state index contributed by atoms with van der Waals surface area (Å²) in [6.45, 7) is 2.86. The topological polar surface area (TPSA) is 71.7 Å². The van der Waals surface area contributed by atoms with Gasteiger partial charge in [-0.05, 0) is 22.9 Å². The average molecular weight is 327 g/mol. The molecule has 3 heterocycles. The molecule has 2 unspecified atom stereocenters. The molecule has 0 amide bonds. The Hall–Kier alpha value is -1.18. The molecule has 1 aliphatic heterocycles. The number of hydrogen-bond acceptors (Lipinski definition) is 5. The van der Waals surface area contributed by atoms with Crippen molar-refractivity contribution in [3.8, 4) is 0 Å². The molecule has 2 atom stereocenters. The van der Waals surface area contributed by atoms with Crippen LogP contribution in [0.2, 0.25) is 0 Å². The van der Waals surface area contributed by atoms with Gasteiger partial charge in [0.15, 0.2) is 11.5 Å². The van der Waals surface area contributed by atoms with Crippen molar-refractivity contribution in [2.24, 2.45) is 0 Å². The van der Waals surface area contributed by atoms with Gasteiger partial charge in [-0.15, -0.1) is 0 Å². The van der Waals surface area contributed by atoms with Crippen LogP contribution in [0.3, 0.4) is 0 Å². The molecule has 2 N–H and O–H groups in total. The molecule has 2 aromatic rings. The molecule has 19 heavy (non-hydrogen) atoms. The largest absolute Gasteiger partial charge is 0.385 e. The monoisotopic (exact) mass is 326 g/mol. The van der Waals surface area contributed by atoms with E-state index in [0.29, 0.717) is 30.0 Å². The lowest BCUT2D eigenvalue weighted by Crippen LogP contribution is -2.43. The molecule has 0 aromatic carbocycles. The van der Waals surface area contributed by atoms with Gasteiger partial charge in [-0.3, -0.25) is 0 Å². The van der Waals surface area contributed by atoms with Gasteiger partial charge in [-0.1, -0.05) is 0 Å². The Morgan fingerprint density at radius 2 is 2.53 bits per heavy atom. The quantitative estimate of drug-likeness (QED) is 0.893. The van der Waals surface area contributed by atoms with Crippen LogP contribution in [0, 0.1) is 0 Å². The first-order valence-electron chi connectivity index (χ1n) is 6.15. The second kappa shape index (κ2) is 4.73. The number of aliphatic hydroxyl groups is 1. The zero-order valence-corrected chi connectivity index (χ0v) is 12.1. The van der Waals surface area contributed by atoms with E-state index in [-0.39, 0.29) is 6.10 Å². The Labute approximate surface area is 118 Å². The van der Waals surface area contributed by atoms with Gasteiger partial charge in [0.05, 0.1) is 6.10 Å². The molecule has 0 aliphatic carbocycles. The number of imidazole rings is 1. The molecule has 1 fully saturated rings. The highest BCUT2D eigenvalue weighted by atomic mass is 79.9. The van der Waals surface area contributed by atoms with Gasteiger partial charge in [0.25, 0.3) is 0 Å². The minimum absolute atomic E-state index is 0.178. The summed E-state index contributed by atoms with van der Waals surface area (Å²) in [6, 6.07) is 0. The van der Waals surface area contributed by atoms with Crippen molar-refractivity contribution in [2.75, 3.05) is 18.5 Å². The van der Waals surface area contributed by atoms with Crippen molar-refractivity contribution < 1.29 is 9.84 Å². The molecule has 2 aromatic heterocycles. The SMILES string of the molecule is CC1OCCC1(O)CNc1nc(Br)cn2ccnc12. The number of nitrogens with one attached hydrogen (secondary N) is 1. The van der Waals surface area contributed by atoms with Crippen molar-refractivity contribution in [3.63, 3.8) is 0 Å². The fourth-order valence-electron chi connectivity index (χ4n) is 2.26. The van der Waals surface area contributed by atoms with Crippen LogP contribution < -0.4 is 5.32 Å². The van der Waals surface area contributed by atoms with Crippen molar-refractivity contribution >= 4 is 27.4 Å².